The highest BCUT2D eigenvalue weighted by atomic mass is 16.3. The number of carbonyl (C=O) groups excluding carboxylic acids is 1. The summed E-state index contributed by atoms with van der Waals surface area (Å²) < 4.78 is 0. The number of guanidine groups is 1. The maximum atomic E-state index is 12.0. The molecule has 0 spiro atoms. The molecule has 2 atom stereocenters. The van der Waals surface area contributed by atoms with E-state index >= 15 is 0 Å². The number of nitrogens with two attached hydrogens (primary N) is 1. The van der Waals surface area contributed by atoms with E-state index in [-0.39, 0.29) is 24.0 Å². The fourth-order valence-electron chi connectivity index (χ4n) is 3.45. The second-order valence-electron chi connectivity index (χ2n) is 6.79. The van der Waals surface area contributed by atoms with Gasteiger partial charge in [-0.05, 0) is 29.2 Å². The Balaban J connectivity index is 1.52. The monoisotopic (exact) mass is 354 g/mol. The fraction of sp³-hybridized carbons (Fsp3) is 0.400. The molecule has 1 fully saturated rings. The Hall–Kier alpha value is -2.60. The molecule has 6 heteroatoms. The summed E-state index contributed by atoms with van der Waals surface area (Å²) in [7, 11) is 0. The Morgan fingerprint density at radius 3 is 2.77 bits per heavy atom. The van der Waals surface area contributed by atoms with E-state index in [0.29, 0.717) is 13.1 Å². The molecule has 5 N–H and O–H groups in total. The normalized spacial score (nSPS) is 20.7. The molecule has 2 amide bonds. The maximum Gasteiger partial charge on any atom is 0.321 e. The number of benzene rings is 2. The zero-order valence-corrected chi connectivity index (χ0v) is 14.8. The van der Waals surface area contributed by atoms with Crippen LogP contribution in [-0.4, -0.2) is 29.7 Å². The van der Waals surface area contributed by atoms with Gasteiger partial charge in [-0.1, -0.05) is 55.3 Å². The molecule has 0 aliphatic heterocycles. The number of nitrogens with one attached hydrogen (secondary N) is 2. The molecule has 0 saturated heterocycles. The van der Waals surface area contributed by atoms with Gasteiger partial charge in [-0.25, -0.2) is 9.79 Å². The lowest BCUT2D eigenvalue weighted by atomic mass is 9.86. The predicted octanol–water partition coefficient (Wildman–Crippen LogP) is 2.50. The third kappa shape index (κ3) is 4.73. The van der Waals surface area contributed by atoms with Crippen LogP contribution in [-0.2, 0) is 6.54 Å². The Kier molecular flexibility index (Phi) is 6.07. The molecule has 26 heavy (non-hydrogen) atoms. The lowest BCUT2D eigenvalue weighted by Crippen LogP contribution is -2.46. The summed E-state index contributed by atoms with van der Waals surface area (Å²) >= 11 is 0. The van der Waals surface area contributed by atoms with Crippen molar-refractivity contribution in [3.05, 3.63) is 48.0 Å². The summed E-state index contributed by atoms with van der Waals surface area (Å²) in [6, 6.07) is 13.7. The fourth-order valence-corrected chi connectivity index (χ4v) is 3.45. The molecular formula is C20H26N4O2. The van der Waals surface area contributed by atoms with E-state index in [9.17, 15) is 9.90 Å². The van der Waals surface area contributed by atoms with E-state index in [1.165, 1.54) is 0 Å². The smallest absolute Gasteiger partial charge is 0.321 e. The molecule has 138 valence electrons. The topological polar surface area (TPSA) is 99.7 Å². The van der Waals surface area contributed by atoms with Gasteiger partial charge in [0, 0.05) is 12.5 Å². The second-order valence-corrected chi connectivity index (χ2v) is 6.79. The van der Waals surface area contributed by atoms with Crippen LogP contribution in [0.1, 0.15) is 31.2 Å². The number of aliphatic hydroxyl groups is 1. The molecule has 2 aromatic rings. The van der Waals surface area contributed by atoms with Crippen LogP contribution in [0.4, 0.5) is 4.79 Å². The number of amides is 2. The number of nitrogens with zero attached hydrogens (tertiary/aromatic N) is 1. The van der Waals surface area contributed by atoms with Crippen molar-refractivity contribution in [1.29, 1.82) is 0 Å². The largest absolute Gasteiger partial charge is 0.393 e. The van der Waals surface area contributed by atoms with E-state index in [1.54, 1.807) is 0 Å². The van der Waals surface area contributed by atoms with Crippen LogP contribution in [0.2, 0.25) is 0 Å². The molecule has 0 bridgehead atoms. The van der Waals surface area contributed by atoms with Gasteiger partial charge in [0.05, 0.1) is 12.6 Å². The first-order valence-electron chi connectivity index (χ1n) is 9.13. The molecule has 0 heterocycles. The SMILES string of the molecule is NC(=NCc1cccc2ccccc12)NC(=O)NC[C@@H]1CCCC[C@@H]1O. The molecule has 3 rings (SSSR count). The number of hydrogen-bond donors (Lipinski definition) is 4. The first kappa shape index (κ1) is 18.2. The van der Waals surface area contributed by atoms with Gasteiger partial charge in [-0.2, -0.15) is 0 Å². The van der Waals surface area contributed by atoms with Gasteiger partial charge in [0.25, 0.3) is 0 Å². The molecule has 0 radical (unpaired) electrons. The van der Waals surface area contributed by atoms with Gasteiger partial charge in [0.1, 0.15) is 0 Å². The molecular weight excluding hydrogens is 328 g/mol. The van der Waals surface area contributed by atoms with Gasteiger partial charge < -0.3 is 16.2 Å². The van der Waals surface area contributed by atoms with Crippen molar-refractivity contribution in [1.82, 2.24) is 10.6 Å². The number of urea groups is 1. The van der Waals surface area contributed by atoms with Crippen LogP contribution in [0, 0.1) is 5.92 Å². The van der Waals surface area contributed by atoms with Crippen molar-refractivity contribution in [3.63, 3.8) is 0 Å². The van der Waals surface area contributed by atoms with Crippen LogP contribution in [0.3, 0.4) is 0 Å². The molecule has 0 aromatic heterocycles. The van der Waals surface area contributed by atoms with Crippen molar-refractivity contribution < 1.29 is 9.90 Å². The summed E-state index contributed by atoms with van der Waals surface area (Å²) in [6.07, 6.45) is 3.56. The van der Waals surface area contributed by atoms with Crippen molar-refractivity contribution in [2.75, 3.05) is 6.54 Å². The van der Waals surface area contributed by atoms with Crippen LogP contribution in [0.25, 0.3) is 10.8 Å². The number of aliphatic imine (C=N–C) groups is 1. The van der Waals surface area contributed by atoms with E-state index in [1.807, 2.05) is 30.3 Å². The quantitative estimate of drug-likeness (QED) is 0.501. The number of hydrogen-bond acceptors (Lipinski definition) is 3. The second kappa shape index (κ2) is 8.67. The Morgan fingerprint density at radius 1 is 1.15 bits per heavy atom. The van der Waals surface area contributed by atoms with Crippen LogP contribution < -0.4 is 16.4 Å². The van der Waals surface area contributed by atoms with E-state index < -0.39 is 0 Å². The van der Waals surface area contributed by atoms with E-state index in [0.717, 1.165) is 42.0 Å². The summed E-state index contributed by atoms with van der Waals surface area (Å²) in [4.78, 5) is 16.2. The zero-order chi connectivity index (χ0) is 18.4. The lowest BCUT2D eigenvalue weighted by molar-refractivity contribution is 0.0710. The average Bonchev–Trinajstić information content (AvgIpc) is 2.65. The molecule has 1 saturated carbocycles. The minimum atomic E-state index is -0.387. The first-order chi connectivity index (χ1) is 12.6. The molecule has 0 unspecified atom stereocenters. The molecule has 1 aliphatic carbocycles. The summed E-state index contributed by atoms with van der Waals surface area (Å²) in [5.74, 6) is 0.197. The number of rotatable bonds is 4. The highest BCUT2D eigenvalue weighted by molar-refractivity contribution is 5.95. The van der Waals surface area contributed by atoms with Crippen molar-refractivity contribution in [2.24, 2.45) is 16.6 Å². The molecule has 6 nitrogen and oxygen atoms in total. The van der Waals surface area contributed by atoms with Gasteiger partial charge in [0.2, 0.25) is 0 Å². The Bertz CT molecular complexity index is 785. The van der Waals surface area contributed by atoms with Crippen LogP contribution in [0.15, 0.2) is 47.5 Å². The third-order valence-corrected chi connectivity index (χ3v) is 4.94. The van der Waals surface area contributed by atoms with Crippen molar-refractivity contribution in [3.8, 4) is 0 Å². The Morgan fingerprint density at radius 2 is 1.92 bits per heavy atom. The van der Waals surface area contributed by atoms with Crippen LogP contribution >= 0.6 is 0 Å². The summed E-state index contributed by atoms with van der Waals surface area (Å²) in [5.41, 5.74) is 6.89. The predicted molar refractivity (Wildman–Crippen MR) is 104 cm³/mol. The first-order valence-corrected chi connectivity index (χ1v) is 9.13. The lowest BCUT2D eigenvalue weighted by Gasteiger charge is -2.27. The number of carbonyl (C=O) groups is 1. The van der Waals surface area contributed by atoms with Gasteiger partial charge >= 0.3 is 6.03 Å². The van der Waals surface area contributed by atoms with Gasteiger partial charge in [0.15, 0.2) is 5.96 Å². The van der Waals surface area contributed by atoms with Crippen molar-refractivity contribution in [2.45, 2.75) is 38.3 Å². The minimum absolute atomic E-state index is 0.0830. The number of fused-ring (bicyclic) bond motifs is 1. The molecule has 2 aromatic carbocycles. The van der Waals surface area contributed by atoms with Crippen LogP contribution in [0.5, 0.6) is 0 Å². The summed E-state index contributed by atoms with van der Waals surface area (Å²) in [5, 5.41) is 17.5. The van der Waals surface area contributed by atoms with Crippen molar-refractivity contribution >= 4 is 22.8 Å². The maximum absolute atomic E-state index is 12.0. The van der Waals surface area contributed by atoms with E-state index in [4.69, 9.17) is 5.73 Å². The van der Waals surface area contributed by atoms with E-state index in [2.05, 4.69) is 27.8 Å². The average molecular weight is 354 g/mol. The standard InChI is InChI=1S/C20H26N4O2/c21-19(24-20(26)23-13-16-7-2-4-11-18(16)25)22-12-15-9-5-8-14-6-1-3-10-17(14)15/h1,3,5-6,8-10,16,18,25H,2,4,7,11-13H2,(H4,21,22,23,24,26)/t16-,18-/m0/s1. The highest BCUT2D eigenvalue weighted by Crippen LogP contribution is 2.23. The van der Waals surface area contributed by atoms with Gasteiger partial charge in [-0.3, -0.25) is 5.32 Å². The van der Waals surface area contributed by atoms with Gasteiger partial charge in [-0.15, -0.1) is 0 Å². The zero-order valence-electron chi connectivity index (χ0n) is 14.8. The highest BCUT2D eigenvalue weighted by Gasteiger charge is 2.23. The molecule has 1 aliphatic rings. The summed E-state index contributed by atoms with van der Waals surface area (Å²) in [6.45, 7) is 0.846. The number of aliphatic hydroxyl groups excluding tert-OH is 1. The third-order valence-electron chi connectivity index (χ3n) is 4.94. The Labute approximate surface area is 153 Å². The minimum Gasteiger partial charge on any atom is -0.393 e.